The van der Waals surface area contributed by atoms with E-state index in [1.54, 1.807) is 12.1 Å². The summed E-state index contributed by atoms with van der Waals surface area (Å²) in [4.78, 5) is 11.1. The largest absolute Gasteiger partial charge is 0.477 e. The van der Waals surface area contributed by atoms with Gasteiger partial charge in [0.2, 0.25) is 0 Å². The van der Waals surface area contributed by atoms with Crippen LogP contribution in [0, 0.1) is 0 Å². The quantitative estimate of drug-likeness (QED) is 0.857. The number of para-hydroxylation sites is 1. The third-order valence-electron chi connectivity index (χ3n) is 3.06. The van der Waals surface area contributed by atoms with Crippen LogP contribution in [0.4, 0.5) is 0 Å². The van der Waals surface area contributed by atoms with Crippen molar-refractivity contribution in [1.29, 1.82) is 0 Å². The Morgan fingerprint density at radius 1 is 1.32 bits per heavy atom. The Bertz CT molecular complexity index is 574. The van der Waals surface area contributed by atoms with Crippen LogP contribution >= 0.6 is 11.3 Å². The topological polar surface area (TPSA) is 46.5 Å². The molecule has 1 aromatic heterocycles. The van der Waals surface area contributed by atoms with Crippen LogP contribution in [0.2, 0.25) is 0 Å². The van der Waals surface area contributed by atoms with Gasteiger partial charge in [-0.2, -0.15) is 0 Å². The molecular weight excluding hydrogens is 260 g/mol. The first-order valence-electron chi connectivity index (χ1n) is 6.21. The zero-order chi connectivity index (χ0) is 13.8. The molecule has 1 atom stereocenters. The molecule has 0 aliphatic heterocycles. The average molecular weight is 276 g/mol. The van der Waals surface area contributed by atoms with E-state index in [0.29, 0.717) is 11.0 Å². The first-order chi connectivity index (χ1) is 9.11. The van der Waals surface area contributed by atoms with E-state index in [-0.39, 0.29) is 4.88 Å². The predicted octanol–water partition coefficient (Wildman–Crippen LogP) is 4.75. The van der Waals surface area contributed by atoms with E-state index in [0.717, 1.165) is 29.1 Å². The number of carboxylic acids is 1. The van der Waals surface area contributed by atoms with E-state index in [2.05, 4.69) is 19.9 Å². The minimum absolute atomic E-state index is 0.288. The van der Waals surface area contributed by atoms with E-state index in [4.69, 9.17) is 9.84 Å². The summed E-state index contributed by atoms with van der Waals surface area (Å²) in [6.45, 7) is 4.29. The van der Waals surface area contributed by atoms with Crippen LogP contribution in [0.5, 0.6) is 10.8 Å². The normalized spacial score (nSPS) is 12.1. The van der Waals surface area contributed by atoms with Crippen molar-refractivity contribution in [2.24, 2.45) is 0 Å². The lowest BCUT2D eigenvalue weighted by molar-refractivity contribution is 0.0702. The fourth-order valence-electron chi connectivity index (χ4n) is 1.80. The second-order valence-corrected chi connectivity index (χ2v) is 5.42. The van der Waals surface area contributed by atoms with Crippen LogP contribution in [0.25, 0.3) is 0 Å². The Morgan fingerprint density at radius 2 is 2.05 bits per heavy atom. The number of hydrogen-bond donors (Lipinski definition) is 1. The van der Waals surface area contributed by atoms with Crippen LogP contribution < -0.4 is 4.74 Å². The van der Waals surface area contributed by atoms with Crippen molar-refractivity contribution < 1.29 is 14.6 Å². The molecule has 0 fully saturated rings. The van der Waals surface area contributed by atoms with Crippen LogP contribution in [-0.4, -0.2) is 11.1 Å². The molecule has 0 radical (unpaired) electrons. The minimum Gasteiger partial charge on any atom is -0.477 e. The van der Waals surface area contributed by atoms with E-state index < -0.39 is 5.97 Å². The highest BCUT2D eigenvalue weighted by atomic mass is 32.1. The molecular formula is C15H16O3S. The molecule has 4 heteroatoms. The zero-order valence-corrected chi connectivity index (χ0v) is 11.7. The fraction of sp³-hybridized carbons (Fsp3) is 0.267. The molecule has 3 nitrogen and oxygen atoms in total. The summed E-state index contributed by atoms with van der Waals surface area (Å²) < 4.78 is 5.82. The maximum absolute atomic E-state index is 10.8. The van der Waals surface area contributed by atoms with Gasteiger partial charge in [-0.3, -0.25) is 0 Å². The van der Waals surface area contributed by atoms with Crippen LogP contribution in [0.15, 0.2) is 36.4 Å². The molecule has 2 rings (SSSR count). The zero-order valence-electron chi connectivity index (χ0n) is 10.9. The van der Waals surface area contributed by atoms with Crippen molar-refractivity contribution in [1.82, 2.24) is 0 Å². The van der Waals surface area contributed by atoms with Crippen molar-refractivity contribution in [3.05, 3.63) is 46.8 Å². The van der Waals surface area contributed by atoms with Gasteiger partial charge >= 0.3 is 5.97 Å². The summed E-state index contributed by atoms with van der Waals surface area (Å²) in [5.41, 5.74) is 1.15. The van der Waals surface area contributed by atoms with Crippen molar-refractivity contribution in [2.45, 2.75) is 26.2 Å². The maximum Gasteiger partial charge on any atom is 0.345 e. The number of benzene rings is 1. The van der Waals surface area contributed by atoms with Gasteiger partial charge in [0, 0.05) is 0 Å². The molecule has 0 bridgehead atoms. The third-order valence-corrected chi connectivity index (χ3v) is 4.02. The molecule has 0 aliphatic carbocycles. The monoisotopic (exact) mass is 276 g/mol. The molecule has 0 amide bonds. The minimum atomic E-state index is -0.921. The highest BCUT2D eigenvalue weighted by Crippen LogP contribution is 2.35. The van der Waals surface area contributed by atoms with Crippen LogP contribution in [0.1, 0.15) is 41.4 Å². The SMILES string of the molecule is CCC(C)c1ccccc1Oc1ccc(C(=O)O)s1. The molecule has 1 aromatic carbocycles. The number of ether oxygens (including phenoxy) is 1. The summed E-state index contributed by atoms with van der Waals surface area (Å²) >= 11 is 1.14. The summed E-state index contributed by atoms with van der Waals surface area (Å²) in [6, 6.07) is 11.1. The number of carboxylic acid groups (broad SMARTS) is 1. The Morgan fingerprint density at radius 3 is 2.68 bits per heavy atom. The van der Waals surface area contributed by atoms with Gasteiger partial charge in [0.25, 0.3) is 0 Å². The Labute approximate surface area is 116 Å². The van der Waals surface area contributed by atoms with Gasteiger partial charge in [0.15, 0.2) is 5.06 Å². The van der Waals surface area contributed by atoms with Gasteiger partial charge in [-0.1, -0.05) is 43.4 Å². The maximum atomic E-state index is 10.8. The molecule has 0 saturated carbocycles. The highest BCUT2D eigenvalue weighted by Gasteiger charge is 2.12. The molecule has 2 aromatic rings. The summed E-state index contributed by atoms with van der Waals surface area (Å²) in [6.07, 6.45) is 1.03. The summed E-state index contributed by atoms with van der Waals surface area (Å²) in [5, 5.41) is 9.50. The number of thiophene rings is 1. The summed E-state index contributed by atoms with van der Waals surface area (Å²) in [5.74, 6) is 0.292. The molecule has 1 unspecified atom stereocenters. The van der Waals surface area contributed by atoms with Gasteiger partial charge in [0.1, 0.15) is 10.6 Å². The van der Waals surface area contributed by atoms with E-state index in [1.165, 1.54) is 0 Å². The molecule has 1 N–H and O–H groups in total. The van der Waals surface area contributed by atoms with Crippen LogP contribution in [0.3, 0.4) is 0 Å². The second kappa shape index (κ2) is 5.89. The summed E-state index contributed by atoms with van der Waals surface area (Å²) in [7, 11) is 0. The standard InChI is InChI=1S/C15H16O3S/c1-3-10(2)11-6-4-5-7-12(11)18-14-9-8-13(19-14)15(16)17/h4-10H,3H2,1-2H3,(H,16,17). The fourth-order valence-corrected chi connectivity index (χ4v) is 2.51. The van der Waals surface area contributed by atoms with Gasteiger partial charge < -0.3 is 9.84 Å². The predicted molar refractivity (Wildman–Crippen MR) is 76.5 cm³/mol. The molecule has 0 saturated heterocycles. The van der Waals surface area contributed by atoms with Crippen molar-refractivity contribution in [3.63, 3.8) is 0 Å². The molecule has 1 heterocycles. The number of carbonyl (C=O) groups is 1. The van der Waals surface area contributed by atoms with Gasteiger partial charge in [0.05, 0.1) is 0 Å². The number of rotatable bonds is 5. The molecule has 100 valence electrons. The van der Waals surface area contributed by atoms with Gasteiger partial charge in [-0.25, -0.2) is 4.79 Å². The van der Waals surface area contributed by atoms with Gasteiger partial charge in [-0.15, -0.1) is 0 Å². The Hall–Kier alpha value is -1.81. The molecule has 19 heavy (non-hydrogen) atoms. The smallest absolute Gasteiger partial charge is 0.345 e. The Balaban J connectivity index is 2.25. The first kappa shape index (κ1) is 13.6. The van der Waals surface area contributed by atoms with E-state index in [9.17, 15) is 4.79 Å². The number of hydrogen-bond acceptors (Lipinski definition) is 3. The lowest BCUT2D eigenvalue weighted by Gasteiger charge is -2.14. The van der Waals surface area contributed by atoms with Crippen LogP contribution in [-0.2, 0) is 0 Å². The second-order valence-electron chi connectivity index (χ2n) is 4.37. The van der Waals surface area contributed by atoms with E-state index in [1.807, 2.05) is 18.2 Å². The first-order valence-corrected chi connectivity index (χ1v) is 7.03. The lowest BCUT2D eigenvalue weighted by Crippen LogP contribution is -1.95. The third kappa shape index (κ3) is 3.15. The average Bonchev–Trinajstić information content (AvgIpc) is 2.87. The van der Waals surface area contributed by atoms with Crippen molar-refractivity contribution in [2.75, 3.05) is 0 Å². The Kier molecular flexibility index (Phi) is 4.22. The molecule has 0 aliphatic rings. The number of aromatic carboxylic acids is 1. The van der Waals surface area contributed by atoms with Crippen molar-refractivity contribution >= 4 is 17.3 Å². The van der Waals surface area contributed by atoms with Gasteiger partial charge in [-0.05, 0) is 36.1 Å². The highest BCUT2D eigenvalue weighted by molar-refractivity contribution is 7.15. The lowest BCUT2D eigenvalue weighted by atomic mass is 9.98. The molecule has 0 spiro atoms. The van der Waals surface area contributed by atoms with E-state index >= 15 is 0 Å². The van der Waals surface area contributed by atoms with Crippen molar-refractivity contribution in [3.8, 4) is 10.8 Å².